The molecule has 1 saturated carbocycles. The van der Waals surface area contributed by atoms with Crippen LogP contribution in [0.15, 0.2) is 18.2 Å². The fourth-order valence-corrected chi connectivity index (χ4v) is 2.86. The molecule has 2 N–H and O–H groups in total. The first kappa shape index (κ1) is 13.5. The molecule has 0 heterocycles. The molecule has 0 amide bonds. The highest BCUT2D eigenvalue weighted by Gasteiger charge is 2.37. The van der Waals surface area contributed by atoms with Crippen molar-refractivity contribution >= 4 is 0 Å². The van der Waals surface area contributed by atoms with Crippen LogP contribution in [0.3, 0.4) is 0 Å². The molecule has 0 bridgehead atoms. The third-order valence-corrected chi connectivity index (χ3v) is 4.29. The van der Waals surface area contributed by atoms with Gasteiger partial charge in [-0.15, -0.1) is 0 Å². The largest absolute Gasteiger partial charge is 0.396 e. The summed E-state index contributed by atoms with van der Waals surface area (Å²) in [6.07, 6.45) is 3.35. The van der Waals surface area contributed by atoms with Crippen molar-refractivity contribution in [2.45, 2.75) is 45.7 Å². The SMILES string of the molecule is Cc1cc(F)ccc1CNC1CCCC1(C)CO. The monoisotopic (exact) mass is 251 g/mol. The van der Waals surface area contributed by atoms with Crippen molar-refractivity contribution in [3.63, 3.8) is 0 Å². The Bertz CT molecular complexity index is 421. The second-order valence-corrected chi connectivity index (χ2v) is 5.71. The first-order valence-corrected chi connectivity index (χ1v) is 6.64. The number of aliphatic hydroxyl groups is 1. The topological polar surface area (TPSA) is 32.3 Å². The van der Waals surface area contributed by atoms with E-state index in [9.17, 15) is 9.50 Å². The third kappa shape index (κ3) is 2.73. The van der Waals surface area contributed by atoms with Crippen LogP contribution >= 0.6 is 0 Å². The lowest BCUT2D eigenvalue weighted by atomic mass is 9.85. The summed E-state index contributed by atoms with van der Waals surface area (Å²) in [5, 5.41) is 13.0. The van der Waals surface area contributed by atoms with Gasteiger partial charge in [0.1, 0.15) is 5.82 Å². The van der Waals surface area contributed by atoms with Gasteiger partial charge in [-0.05, 0) is 43.0 Å². The Morgan fingerprint density at radius 2 is 2.28 bits per heavy atom. The molecule has 18 heavy (non-hydrogen) atoms. The van der Waals surface area contributed by atoms with Crippen LogP contribution in [0.25, 0.3) is 0 Å². The van der Waals surface area contributed by atoms with E-state index in [0.29, 0.717) is 6.04 Å². The first-order valence-electron chi connectivity index (χ1n) is 6.64. The van der Waals surface area contributed by atoms with Crippen molar-refractivity contribution in [1.82, 2.24) is 5.32 Å². The molecule has 0 aliphatic heterocycles. The van der Waals surface area contributed by atoms with Crippen LogP contribution in [-0.4, -0.2) is 17.8 Å². The summed E-state index contributed by atoms with van der Waals surface area (Å²) >= 11 is 0. The van der Waals surface area contributed by atoms with Gasteiger partial charge in [0, 0.05) is 24.6 Å². The van der Waals surface area contributed by atoms with Crippen molar-refractivity contribution in [2.75, 3.05) is 6.61 Å². The third-order valence-electron chi connectivity index (χ3n) is 4.29. The average molecular weight is 251 g/mol. The summed E-state index contributed by atoms with van der Waals surface area (Å²) in [6, 6.07) is 5.26. The molecule has 3 heteroatoms. The van der Waals surface area contributed by atoms with E-state index in [2.05, 4.69) is 12.2 Å². The normalized spacial score (nSPS) is 27.7. The van der Waals surface area contributed by atoms with Crippen molar-refractivity contribution in [3.05, 3.63) is 35.1 Å². The summed E-state index contributed by atoms with van der Waals surface area (Å²) in [5.74, 6) is -0.183. The molecule has 1 aliphatic carbocycles. The smallest absolute Gasteiger partial charge is 0.123 e. The lowest BCUT2D eigenvalue weighted by Gasteiger charge is -2.30. The van der Waals surface area contributed by atoms with Gasteiger partial charge in [0.2, 0.25) is 0 Å². The van der Waals surface area contributed by atoms with E-state index in [4.69, 9.17) is 0 Å². The van der Waals surface area contributed by atoms with Gasteiger partial charge in [-0.3, -0.25) is 0 Å². The van der Waals surface area contributed by atoms with E-state index in [1.54, 1.807) is 6.07 Å². The molecule has 0 spiro atoms. The van der Waals surface area contributed by atoms with E-state index < -0.39 is 0 Å². The van der Waals surface area contributed by atoms with Crippen molar-refractivity contribution in [3.8, 4) is 0 Å². The zero-order chi connectivity index (χ0) is 13.2. The lowest BCUT2D eigenvalue weighted by molar-refractivity contribution is 0.118. The number of halogens is 1. The lowest BCUT2D eigenvalue weighted by Crippen LogP contribution is -2.41. The molecule has 1 aromatic carbocycles. The van der Waals surface area contributed by atoms with Crippen molar-refractivity contribution in [2.24, 2.45) is 5.41 Å². The number of aryl methyl sites for hydroxylation is 1. The van der Waals surface area contributed by atoms with E-state index in [1.165, 1.54) is 6.07 Å². The number of rotatable bonds is 4. The van der Waals surface area contributed by atoms with Gasteiger partial charge in [-0.25, -0.2) is 4.39 Å². The molecule has 100 valence electrons. The summed E-state index contributed by atoms with van der Waals surface area (Å²) in [4.78, 5) is 0. The molecular weight excluding hydrogens is 229 g/mol. The number of nitrogens with one attached hydrogen (secondary N) is 1. The first-order chi connectivity index (χ1) is 8.55. The number of hydrogen-bond acceptors (Lipinski definition) is 2. The molecule has 1 aliphatic rings. The second kappa shape index (κ2) is 5.37. The molecule has 2 unspecified atom stereocenters. The fourth-order valence-electron chi connectivity index (χ4n) is 2.86. The molecule has 2 atom stereocenters. The Hall–Kier alpha value is -0.930. The molecule has 2 nitrogen and oxygen atoms in total. The highest BCUT2D eigenvalue weighted by atomic mass is 19.1. The maximum atomic E-state index is 13.0. The molecule has 0 radical (unpaired) electrons. The summed E-state index contributed by atoms with van der Waals surface area (Å²) in [5.41, 5.74) is 2.10. The van der Waals surface area contributed by atoms with Crippen LogP contribution in [0.4, 0.5) is 4.39 Å². The van der Waals surface area contributed by atoms with Crippen LogP contribution in [0.2, 0.25) is 0 Å². The average Bonchev–Trinajstić information content (AvgIpc) is 2.71. The minimum absolute atomic E-state index is 0.00602. The second-order valence-electron chi connectivity index (χ2n) is 5.71. The van der Waals surface area contributed by atoms with Gasteiger partial charge < -0.3 is 10.4 Å². The number of hydrogen-bond donors (Lipinski definition) is 2. The zero-order valence-electron chi connectivity index (χ0n) is 11.2. The van der Waals surface area contributed by atoms with Crippen LogP contribution in [0.1, 0.15) is 37.3 Å². The molecule has 2 rings (SSSR count). The van der Waals surface area contributed by atoms with Gasteiger partial charge >= 0.3 is 0 Å². The highest BCUT2D eigenvalue weighted by Crippen LogP contribution is 2.37. The Kier molecular flexibility index (Phi) is 4.03. The number of benzene rings is 1. The predicted octanol–water partition coefficient (Wildman–Crippen LogP) is 2.77. The van der Waals surface area contributed by atoms with Gasteiger partial charge in [-0.1, -0.05) is 19.4 Å². The summed E-state index contributed by atoms with van der Waals surface area (Å²) in [6.45, 7) is 5.04. The van der Waals surface area contributed by atoms with Gasteiger partial charge in [0.25, 0.3) is 0 Å². The molecule has 1 fully saturated rings. The maximum absolute atomic E-state index is 13.0. The molecule has 0 aromatic heterocycles. The summed E-state index contributed by atoms with van der Waals surface area (Å²) in [7, 11) is 0. The maximum Gasteiger partial charge on any atom is 0.123 e. The standard InChI is InChI=1S/C15H22FNO/c1-11-8-13(16)6-5-12(11)9-17-14-4-3-7-15(14,2)10-18/h5-6,8,14,17-18H,3-4,7,9-10H2,1-2H3. The highest BCUT2D eigenvalue weighted by molar-refractivity contribution is 5.26. The van der Waals surface area contributed by atoms with E-state index in [1.807, 2.05) is 13.0 Å². The Morgan fingerprint density at radius 3 is 2.94 bits per heavy atom. The molecular formula is C15H22FNO. The predicted molar refractivity (Wildman–Crippen MR) is 70.8 cm³/mol. The van der Waals surface area contributed by atoms with Gasteiger partial charge in [0.05, 0.1) is 0 Å². The van der Waals surface area contributed by atoms with Crippen LogP contribution < -0.4 is 5.32 Å². The fraction of sp³-hybridized carbons (Fsp3) is 0.600. The minimum Gasteiger partial charge on any atom is -0.396 e. The molecule has 0 saturated heterocycles. The van der Waals surface area contributed by atoms with Gasteiger partial charge in [-0.2, -0.15) is 0 Å². The summed E-state index contributed by atoms with van der Waals surface area (Å²) < 4.78 is 13.0. The Labute approximate surface area is 108 Å². The van der Waals surface area contributed by atoms with E-state index in [0.717, 1.165) is 36.9 Å². The Balaban J connectivity index is 1.99. The van der Waals surface area contributed by atoms with Crippen LogP contribution in [-0.2, 0) is 6.54 Å². The van der Waals surface area contributed by atoms with E-state index >= 15 is 0 Å². The number of aliphatic hydroxyl groups excluding tert-OH is 1. The van der Waals surface area contributed by atoms with Crippen LogP contribution in [0, 0.1) is 18.2 Å². The Morgan fingerprint density at radius 1 is 1.50 bits per heavy atom. The van der Waals surface area contributed by atoms with Crippen molar-refractivity contribution < 1.29 is 9.50 Å². The minimum atomic E-state index is -0.183. The molecule has 1 aromatic rings. The van der Waals surface area contributed by atoms with Crippen LogP contribution in [0.5, 0.6) is 0 Å². The van der Waals surface area contributed by atoms with E-state index in [-0.39, 0.29) is 17.8 Å². The van der Waals surface area contributed by atoms with Gasteiger partial charge in [0.15, 0.2) is 0 Å². The zero-order valence-corrected chi connectivity index (χ0v) is 11.2. The van der Waals surface area contributed by atoms with Crippen molar-refractivity contribution in [1.29, 1.82) is 0 Å². The quantitative estimate of drug-likeness (QED) is 0.862.